The van der Waals surface area contributed by atoms with Crippen LogP contribution in [0.15, 0.2) is 0 Å². The van der Waals surface area contributed by atoms with Gasteiger partial charge in [0.25, 0.3) is 0 Å². The van der Waals surface area contributed by atoms with Crippen molar-refractivity contribution in [2.75, 3.05) is 6.61 Å². The number of carbonyl (C=O) groups is 1. The van der Waals surface area contributed by atoms with Crippen molar-refractivity contribution in [3.05, 3.63) is 0 Å². The summed E-state index contributed by atoms with van der Waals surface area (Å²) in [6.07, 6.45) is 6.66. The summed E-state index contributed by atoms with van der Waals surface area (Å²) >= 11 is 0. The van der Waals surface area contributed by atoms with Crippen molar-refractivity contribution >= 4 is 5.97 Å². The second kappa shape index (κ2) is 5.64. The quantitative estimate of drug-likeness (QED) is 0.804. The topological polar surface area (TPSA) is 55.8 Å². The van der Waals surface area contributed by atoms with Gasteiger partial charge in [0, 0.05) is 6.61 Å². The van der Waals surface area contributed by atoms with Gasteiger partial charge in [-0.25, -0.2) is 0 Å². The molecule has 4 nitrogen and oxygen atoms in total. The van der Waals surface area contributed by atoms with Crippen LogP contribution in [0.3, 0.4) is 0 Å². The summed E-state index contributed by atoms with van der Waals surface area (Å²) < 4.78 is 11.4. The molecule has 2 rings (SSSR count). The van der Waals surface area contributed by atoms with E-state index >= 15 is 0 Å². The fourth-order valence-corrected chi connectivity index (χ4v) is 2.48. The number of hydrogen-bond donors (Lipinski definition) is 1. The van der Waals surface area contributed by atoms with E-state index in [-0.39, 0.29) is 18.3 Å². The van der Waals surface area contributed by atoms with Gasteiger partial charge in [0.1, 0.15) is 0 Å². The molecule has 4 heteroatoms. The minimum Gasteiger partial charge on any atom is -0.481 e. The molecule has 1 atom stereocenters. The number of hydrogen-bond acceptors (Lipinski definition) is 3. The largest absolute Gasteiger partial charge is 0.481 e. The summed E-state index contributed by atoms with van der Waals surface area (Å²) in [5, 5.41) is 8.88. The van der Waals surface area contributed by atoms with Gasteiger partial charge in [0.2, 0.25) is 0 Å². The fourth-order valence-electron chi connectivity index (χ4n) is 2.48. The first kappa shape index (κ1) is 11.9. The maximum Gasteiger partial charge on any atom is 0.306 e. The van der Waals surface area contributed by atoms with E-state index in [9.17, 15) is 4.79 Å². The lowest BCUT2D eigenvalue weighted by Crippen LogP contribution is -2.32. The average Bonchev–Trinajstić information content (AvgIpc) is 2.31. The van der Waals surface area contributed by atoms with Crippen LogP contribution in [-0.4, -0.2) is 30.1 Å². The third-order valence-corrected chi connectivity index (χ3v) is 3.51. The van der Waals surface area contributed by atoms with Gasteiger partial charge in [0.15, 0.2) is 6.29 Å². The lowest BCUT2D eigenvalue weighted by Gasteiger charge is -2.31. The first-order valence-electron chi connectivity index (χ1n) is 6.25. The number of carboxylic acid groups (broad SMARTS) is 1. The van der Waals surface area contributed by atoms with E-state index in [0.29, 0.717) is 0 Å². The molecule has 0 amide bonds. The van der Waals surface area contributed by atoms with Crippen molar-refractivity contribution in [2.24, 2.45) is 5.92 Å². The summed E-state index contributed by atoms with van der Waals surface area (Å²) in [6.45, 7) is 0.801. The van der Waals surface area contributed by atoms with Crippen molar-refractivity contribution in [3.8, 4) is 0 Å². The molecular weight excluding hydrogens is 208 g/mol. The Kier molecular flexibility index (Phi) is 4.18. The van der Waals surface area contributed by atoms with E-state index in [0.717, 1.165) is 45.1 Å². The maximum atomic E-state index is 10.8. The van der Waals surface area contributed by atoms with E-state index in [2.05, 4.69) is 0 Å². The Labute approximate surface area is 95.9 Å². The molecule has 1 heterocycles. The highest BCUT2D eigenvalue weighted by Crippen LogP contribution is 2.28. The van der Waals surface area contributed by atoms with Crippen molar-refractivity contribution < 1.29 is 19.4 Å². The third-order valence-electron chi connectivity index (χ3n) is 3.51. The molecular formula is C12H20O4. The zero-order valence-corrected chi connectivity index (χ0v) is 9.56. The van der Waals surface area contributed by atoms with Crippen LogP contribution >= 0.6 is 0 Å². The molecule has 92 valence electrons. The Balaban J connectivity index is 1.70. The molecule has 1 saturated heterocycles. The lowest BCUT2D eigenvalue weighted by molar-refractivity contribution is -0.195. The van der Waals surface area contributed by atoms with Gasteiger partial charge in [-0.2, -0.15) is 0 Å². The van der Waals surface area contributed by atoms with E-state index < -0.39 is 5.97 Å². The lowest BCUT2D eigenvalue weighted by atomic mass is 9.87. The smallest absolute Gasteiger partial charge is 0.306 e. The van der Waals surface area contributed by atoms with E-state index in [1.54, 1.807) is 0 Å². The summed E-state index contributed by atoms with van der Waals surface area (Å²) in [7, 11) is 0. The molecule has 2 aliphatic rings. The molecule has 1 saturated carbocycles. The second-order valence-electron chi connectivity index (χ2n) is 4.74. The van der Waals surface area contributed by atoms with Gasteiger partial charge >= 0.3 is 5.97 Å². The molecule has 0 radical (unpaired) electrons. The standard InChI is InChI=1S/C12H20O4/c13-12(14)9-4-6-10(7-5-9)16-11-3-1-2-8-15-11/h9-11H,1-8H2,(H,13,14)/t9?,10?,11-/m1/s1. The number of aliphatic carboxylic acids is 1. The third kappa shape index (κ3) is 3.19. The Morgan fingerprint density at radius 2 is 1.88 bits per heavy atom. The maximum absolute atomic E-state index is 10.8. The minimum absolute atomic E-state index is 0.0415. The van der Waals surface area contributed by atoms with Crippen molar-refractivity contribution in [3.63, 3.8) is 0 Å². The second-order valence-corrected chi connectivity index (χ2v) is 4.74. The Morgan fingerprint density at radius 3 is 2.44 bits per heavy atom. The molecule has 0 spiro atoms. The summed E-state index contributed by atoms with van der Waals surface area (Å²) in [4.78, 5) is 10.8. The van der Waals surface area contributed by atoms with Crippen LogP contribution in [0.5, 0.6) is 0 Å². The van der Waals surface area contributed by atoms with Crippen LogP contribution in [-0.2, 0) is 14.3 Å². The zero-order chi connectivity index (χ0) is 11.4. The molecule has 0 bridgehead atoms. The van der Waals surface area contributed by atoms with Gasteiger partial charge in [-0.05, 0) is 44.9 Å². The predicted molar refractivity (Wildman–Crippen MR) is 58.1 cm³/mol. The zero-order valence-electron chi connectivity index (χ0n) is 9.56. The van der Waals surface area contributed by atoms with E-state index in [4.69, 9.17) is 14.6 Å². The normalized spacial score (nSPS) is 35.9. The van der Waals surface area contributed by atoms with Crippen molar-refractivity contribution in [2.45, 2.75) is 57.3 Å². The highest BCUT2D eigenvalue weighted by molar-refractivity contribution is 5.70. The van der Waals surface area contributed by atoms with Gasteiger partial charge in [0.05, 0.1) is 12.0 Å². The molecule has 0 aromatic heterocycles. The van der Waals surface area contributed by atoms with Gasteiger partial charge in [-0.1, -0.05) is 0 Å². The first-order valence-corrected chi connectivity index (χ1v) is 6.25. The van der Waals surface area contributed by atoms with Crippen LogP contribution in [0.1, 0.15) is 44.9 Å². The highest BCUT2D eigenvalue weighted by Gasteiger charge is 2.28. The van der Waals surface area contributed by atoms with Crippen LogP contribution in [0, 0.1) is 5.92 Å². The average molecular weight is 228 g/mol. The molecule has 0 aromatic carbocycles. The van der Waals surface area contributed by atoms with Crippen LogP contribution in [0.2, 0.25) is 0 Å². The van der Waals surface area contributed by atoms with Crippen molar-refractivity contribution in [1.29, 1.82) is 0 Å². The van der Waals surface area contributed by atoms with Crippen LogP contribution < -0.4 is 0 Å². The molecule has 2 fully saturated rings. The monoisotopic (exact) mass is 228 g/mol. The highest BCUT2D eigenvalue weighted by atomic mass is 16.7. The Hall–Kier alpha value is -0.610. The Bertz CT molecular complexity index is 227. The van der Waals surface area contributed by atoms with Gasteiger partial charge in [-0.3, -0.25) is 4.79 Å². The van der Waals surface area contributed by atoms with Gasteiger partial charge in [-0.15, -0.1) is 0 Å². The molecule has 1 N–H and O–H groups in total. The summed E-state index contributed by atoms with van der Waals surface area (Å²) in [6, 6.07) is 0. The summed E-state index contributed by atoms with van der Waals surface area (Å²) in [5.41, 5.74) is 0. The predicted octanol–water partition coefficient (Wildman–Crippen LogP) is 2.17. The summed E-state index contributed by atoms with van der Waals surface area (Å²) in [5.74, 6) is -0.820. The van der Waals surface area contributed by atoms with Crippen LogP contribution in [0.25, 0.3) is 0 Å². The molecule has 1 aliphatic heterocycles. The van der Waals surface area contributed by atoms with E-state index in [1.165, 1.54) is 6.42 Å². The SMILES string of the molecule is O=C(O)C1CCC(O[C@@H]2CCCCO2)CC1. The molecule has 1 aliphatic carbocycles. The van der Waals surface area contributed by atoms with Gasteiger partial charge < -0.3 is 14.6 Å². The molecule has 16 heavy (non-hydrogen) atoms. The Morgan fingerprint density at radius 1 is 1.12 bits per heavy atom. The fraction of sp³-hybridized carbons (Fsp3) is 0.917. The molecule has 0 aromatic rings. The number of rotatable bonds is 3. The first-order chi connectivity index (χ1) is 7.75. The minimum atomic E-state index is -0.660. The van der Waals surface area contributed by atoms with Crippen LogP contribution in [0.4, 0.5) is 0 Å². The van der Waals surface area contributed by atoms with E-state index in [1.807, 2.05) is 0 Å². The molecule has 0 unspecified atom stereocenters. The van der Waals surface area contributed by atoms with Crippen molar-refractivity contribution in [1.82, 2.24) is 0 Å². The number of ether oxygens (including phenoxy) is 2. The number of carboxylic acids is 1.